The molecular formula is C24H32N2O3. The molecule has 0 radical (unpaired) electrons. The largest absolute Gasteiger partial charge is 0.489 e. The zero-order valence-corrected chi connectivity index (χ0v) is 17.8. The topological polar surface area (TPSA) is 59.6 Å². The second-order valence-corrected chi connectivity index (χ2v) is 9.10. The summed E-state index contributed by atoms with van der Waals surface area (Å²) in [5.74, 6) is 1.33. The number of carbonyl (C=O) groups is 1. The molecule has 1 fully saturated rings. The molecule has 2 N–H and O–H groups in total. The number of ether oxygens (including phenoxy) is 2. The molecule has 3 rings (SSSR count). The Balaban J connectivity index is 1.44. The first-order chi connectivity index (χ1) is 13.7. The second kappa shape index (κ2) is 8.87. The molecule has 2 aromatic rings. The predicted molar refractivity (Wildman–Crippen MR) is 115 cm³/mol. The minimum Gasteiger partial charge on any atom is -0.489 e. The lowest BCUT2D eigenvalue weighted by atomic mass is 9.79. The van der Waals surface area contributed by atoms with Crippen LogP contribution in [0.3, 0.4) is 0 Å². The zero-order chi connectivity index (χ0) is 20.9. The van der Waals surface area contributed by atoms with E-state index in [0.29, 0.717) is 12.4 Å². The number of rotatable bonds is 7. The third-order valence-electron chi connectivity index (χ3n) is 5.00. The number of carbonyl (C=O) groups excluding carboxylic acids is 1. The Morgan fingerprint density at radius 3 is 2.07 bits per heavy atom. The van der Waals surface area contributed by atoms with Crippen molar-refractivity contribution < 1.29 is 14.3 Å². The Bertz CT molecular complexity index is 785. The molecule has 1 amide bonds. The summed E-state index contributed by atoms with van der Waals surface area (Å²) in [6.45, 7) is 9.22. The fraction of sp³-hybridized carbons (Fsp3) is 0.458. The Morgan fingerprint density at radius 1 is 0.931 bits per heavy atom. The lowest BCUT2D eigenvalue weighted by Gasteiger charge is -2.46. The minimum atomic E-state index is -0.0899. The van der Waals surface area contributed by atoms with Crippen molar-refractivity contribution in [2.75, 3.05) is 6.61 Å². The summed E-state index contributed by atoms with van der Waals surface area (Å²) < 4.78 is 11.4. The van der Waals surface area contributed by atoms with Crippen molar-refractivity contribution >= 4 is 5.91 Å². The molecule has 1 aliphatic heterocycles. The highest BCUT2D eigenvalue weighted by Gasteiger charge is 2.38. The predicted octanol–water partition coefficient (Wildman–Crippen LogP) is 4.07. The number of benzene rings is 2. The molecule has 0 unspecified atom stereocenters. The fourth-order valence-electron chi connectivity index (χ4n) is 4.22. The van der Waals surface area contributed by atoms with Crippen LogP contribution in [-0.2, 0) is 11.4 Å². The highest BCUT2D eigenvalue weighted by Crippen LogP contribution is 2.28. The lowest BCUT2D eigenvalue weighted by molar-refractivity contribution is -0.124. The van der Waals surface area contributed by atoms with Gasteiger partial charge >= 0.3 is 0 Å². The van der Waals surface area contributed by atoms with Gasteiger partial charge in [-0.2, -0.15) is 0 Å². The first kappa shape index (κ1) is 21.2. The van der Waals surface area contributed by atoms with Crippen LogP contribution in [0.25, 0.3) is 0 Å². The molecule has 1 heterocycles. The van der Waals surface area contributed by atoms with Gasteiger partial charge in [-0.05, 0) is 70.4 Å². The van der Waals surface area contributed by atoms with Crippen molar-refractivity contribution in [3.05, 3.63) is 60.2 Å². The molecule has 29 heavy (non-hydrogen) atoms. The van der Waals surface area contributed by atoms with Crippen LogP contribution < -0.4 is 20.1 Å². The van der Waals surface area contributed by atoms with Gasteiger partial charge in [-0.3, -0.25) is 4.79 Å². The summed E-state index contributed by atoms with van der Waals surface area (Å²) in [5.41, 5.74) is 1.11. The summed E-state index contributed by atoms with van der Waals surface area (Å²) >= 11 is 0. The van der Waals surface area contributed by atoms with Crippen LogP contribution in [0.15, 0.2) is 54.6 Å². The van der Waals surface area contributed by atoms with E-state index in [9.17, 15) is 4.79 Å². The molecule has 0 aromatic heterocycles. The maximum Gasteiger partial charge on any atom is 0.258 e. The molecule has 5 nitrogen and oxygen atoms in total. The van der Waals surface area contributed by atoms with E-state index in [0.717, 1.165) is 24.2 Å². The van der Waals surface area contributed by atoms with Crippen molar-refractivity contribution in [1.29, 1.82) is 0 Å². The van der Waals surface area contributed by atoms with Gasteiger partial charge in [-0.25, -0.2) is 0 Å². The van der Waals surface area contributed by atoms with Crippen LogP contribution in [0.5, 0.6) is 11.5 Å². The van der Waals surface area contributed by atoms with E-state index < -0.39 is 0 Å². The van der Waals surface area contributed by atoms with Crippen molar-refractivity contribution in [2.45, 2.75) is 64.3 Å². The highest BCUT2D eigenvalue weighted by atomic mass is 16.5. The van der Waals surface area contributed by atoms with Crippen LogP contribution in [0.1, 0.15) is 46.1 Å². The summed E-state index contributed by atoms with van der Waals surface area (Å²) in [6.07, 6.45) is 1.80. The molecule has 0 atom stereocenters. The number of hydrogen-bond acceptors (Lipinski definition) is 4. The van der Waals surface area contributed by atoms with Gasteiger partial charge in [-0.15, -0.1) is 0 Å². The number of hydrogen-bond donors (Lipinski definition) is 2. The first-order valence-electron chi connectivity index (χ1n) is 10.2. The van der Waals surface area contributed by atoms with E-state index in [-0.39, 0.29) is 29.6 Å². The smallest absolute Gasteiger partial charge is 0.258 e. The molecule has 0 aliphatic carbocycles. The molecular weight excluding hydrogens is 364 g/mol. The van der Waals surface area contributed by atoms with Crippen LogP contribution in [0.2, 0.25) is 0 Å². The molecule has 0 bridgehead atoms. The first-order valence-corrected chi connectivity index (χ1v) is 10.2. The SMILES string of the molecule is CC1(C)CC(NC(=O)COc2ccc(OCc3ccccc3)cc2)CC(C)(C)N1. The standard InChI is InChI=1S/C24H32N2O3/c1-23(2)14-19(15-24(3,4)26-23)25-22(27)17-29-21-12-10-20(11-13-21)28-16-18-8-6-5-7-9-18/h5-13,19,26H,14-17H2,1-4H3,(H,25,27). The van der Waals surface area contributed by atoms with Crippen molar-refractivity contribution in [3.8, 4) is 11.5 Å². The monoisotopic (exact) mass is 396 g/mol. The van der Waals surface area contributed by atoms with Crippen molar-refractivity contribution in [3.63, 3.8) is 0 Å². The van der Waals surface area contributed by atoms with E-state index in [1.807, 2.05) is 54.6 Å². The highest BCUT2D eigenvalue weighted by molar-refractivity contribution is 5.77. The Morgan fingerprint density at radius 2 is 1.48 bits per heavy atom. The van der Waals surface area contributed by atoms with E-state index in [4.69, 9.17) is 9.47 Å². The summed E-state index contributed by atoms with van der Waals surface area (Å²) in [7, 11) is 0. The average Bonchev–Trinajstić information content (AvgIpc) is 2.64. The van der Waals surface area contributed by atoms with Crippen LogP contribution in [0, 0.1) is 0 Å². The quantitative estimate of drug-likeness (QED) is 0.741. The maximum atomic E-state index is 12.4. The van der Waals surface area contributed by atoms with E-state index >= 15 is 0 Å². The second-order valence-electron chi connectivity index (χ2n) is 9.10. The fourth-order valence-corrected chi connectivity index (χ4v) is 4.22. The Labute approximate surface area is 173 Å². The van der Waals surface area contributed by atoms with Gasteiger partial charge in [0.15, 0.2) is 6.61 Å². The van der Waals surface area contributed by atoms with Gasteiger partial charge in [-0.1, -0.05) is 30.3 Å². The van der Waals surface area contributed by atoms with E-state index in [1.54, 1.807) is 0 Å². The summed E-state index contributed by atoms with van der Waals surface area (Å²) in [5, 5.41) is 6.75. The molecule has 2 aromatic carbocycles. The maximum absolute atomic E-state index is 12.4. The molecule has 5 heteroatoms. The van der Waals surface area contributed by atoms with E-state index in [2.05, 4.69) is 38.3 Å². The molecule has 1 aliphatic rings. The lowest BCUT2D eigenvalue weighted by Crippen LogP contribution is -2.62. The van der Waals surface area contributed by atoms with Crippen LogP contribution in [0.4, 0.5) is 0 Å². The van der Waals surface area contributed by atoms with Crippen molar-refractivity contribution in [1.82, 2.24) is 10.6 Å². The van der Waals surface area contributed by atoms with Crippen LogP contribution >= 0.6 is 0 Å². The van der Waals surface area contributed by atoms with Gasteiger partial charge in [0.1, 0.15) is 18.1 Å². The van der Waals surface area contributed by atoms with Gasteiger partial charge < -0.3 is 20.1 Å². The van der Waals surface area contributed by atoms with Gasteiger partial charge in [0.05, 0.1) is 0 Å². The van der Waals surface area contributed by atoms with Gasteiger partial charge in [0.2, 0.25) is 0 Å². The average molecular weight is 397 g/mol. The number of nitrogens with one attached hydrogen (secondary N) is 2. The normalized spacial score (nSPS) is 18.1. The minimum absolute atomic E-state index is 0.00383. The molecule has 0 saturated carbocycles. The summed E-state index contributed by atoms with van der Waals surface area (Å²) in [4.78, 5) is 12.4. The molecule has 0 spiro atoms. The molecule has 156 valence electrons. The van der Waals surface area contributed by atoms with Crippen molar-refractivity contribution in [2.24, 2.45) is 0 Å². The van der Waals surface area contributed by atoms with Gasteiger partial charge in [0.25, 0.3) is 5.91 Å². The van der Waals surface area contributed by atoms with E-state index in [1.165, 1.54) is 0 Å². The Kier molecular flexibility index (Phi) is 6.48. The number of piperidine rings is 1. The third-order valence-corrected chi connectivity index (χ3v) is 5.00. The third kappa shape index (κ3) is 6.79. The Hall–Kier alpha value is -2.53. The van der Waals surface area contributed by atoms with Crippen LogP contribution in [-0.4, -0.2) is 29.6 Å². The summed E-state index contributed by atoms with van der Waals surface area (Å²) in [6, 6.07) is 17.5. The van der Waals surface area contributed by atoms with Gasteiger partial charge in [0, 0.05) is 17.1 Å². The number of amides is 1. The zero-order valence-electron chi connectivity index (χ0n) is 17.8. The molecule has 1 saturated heterocycles.